The van der Waals surface area contributed by atoms with Gasteiger partial charge in [-0.1, -0.05) is 50.1 Å². The van der Waals surface area contributed by atoms with E-state index in [9.17, 15) is 9.90 Å². The van der Waals surface area contributed by atoms with Crippen LogP contribution in [0.15, 0.2) is 30.3 Å². The molecule has 1 aromatic carbocycles. The smallest absolute Gasteiger partial charge is 0.256 e. The lowest BCUT2D eigenvalue weighted by Crippen LogP contribution is -2.49. The molecule has 4 rings (SSSR count). The molecular formula is C23H34N2O2. The minimum Gasteiger partial charge on any atom is -0.375 e. The Morgan fingerprint density at radius 2 is 1.85 bits per heavy atom. The van der Waals surface area contributed by atoms with Gasteiger partial charge in [0.25, 0.3) is 5.91 Å². The van der Waals surface area contributed by atoms with Gasteiger partial charge in [-0.05, 0) is 49.5 Å². The van der Waals surface area contributed by atoms with Gasteiger partial charge in [-0.3, -0.25) is 4.79 Å². The summed E-state index contributed by atoms with van der Waals surface area (Å²) in [5.74, 6) is 1.90. The summed E-state index contributed by atoms with van der Waals surface area (Å²) in [5.41, 5.74) is -0.641. The standard InChI is InChI=1S/C23H34N2O2/c1-3-16(2)25-14-20-19(21(20)15-25)13-24-22(26)23(27,18-11-7-8-12-18)17-9-5-4-6-10-17/h4-6,9-10,16,18-21,27H,3,7-8,11-15H2,1-2H3,(H,24,26)/t16?,19-,20-,21?,23-/m1/s1. The molecule has 1 aliphatic heterocycles. The van der Waals surface area contributed by atoms with Gasteiger partial charge in [-0.15, -0.1) is 0 Å². The maximum absolute atomic E-state index is 13.2. The SMILES string of the molecule is CCC(C)N1CC2[C@H](CNC(=O)[C@@](O)(c3ccccc3)C3CCCC3)[C@H]2C1. The fraction of sp³-hybridized carbons (Fsp3) is 0.696. The van der Waals surface area contributed by atoms with E-state index in [1.165, 1.54) is 19.5 Å². The average molecular weight is 371 g/mol. The third-order valence-electron chi connectivity index (χ3n) is 7.62. The second-order valence-corrected chi connectivity index (χ2v) is 9.03. The molecule has 2 aliphatic carbocycles. The van der Waals surface area contributed by atoms with Crippen LogP contribution in [0.2, 0.25) is 0 Å². The van der Waals surface area contributed by atoms with E-state index in [1.54, 1.807) is 0 Å². The zero-order valence-corrected chi connectivity index (χ0v) is 16.7. The number of rotatable bonds is 7. The highest BCUT2D eigenvalue weighted by Gasteiger charge is 2.56. The molecule has 0 bridgehead atoms. The van der Waals surface area contributed by atoms with Gasteiger partial charge in [0.2, 0.25) is 0 Å². The lowest BCUT2D eigenvalue weighted by atomic mass is 9.79. The van der Waals surface area contributed by atoms with Gasteiger partial charge in [-0.25, -0.2) is 0 Å². The second kappa shape index (κ2) is 7.56. The van der Waals surface area contributed by atoms with Gasteiger partial charge in [0.15, 0.2) is 5.60 Å². The number of hydrogen-bond acceptors (Lipinski definition) is 3. The fourth-order valence-electron chi connectivity index (χ4n) is 5.54. The van der Waals surface area contributed by atoms with E-state index >= 15 is 0 Å². The van der Waals surface area contributed by atoms with Gasteiger partial charge in [0, 0.05) is 31.6 Å². The first-order chi connectivity index (χ1) is 13.1. The zero-order valence-electron chi connectivity index (χ0n) is 16.7. The van der Waals surface area contributed by atoms with Crippen molar-refractivity contribution in [3.8, 4) is 0 Å². The molecular weight excluding hydrogens is 336 g/mol. The highest BCUT2D eigenvalue weighted by Crippen LogP contribution is 2.52. The van der Waals surface area contributed by atoms with E-state index in [-0.39, 0.29) is 11.8 Å². The van der Waals surface area contributed by atoms with E-state index in [0.29, 0.717) is 18.5 Å². The molecule has 5 atom stereocenters. The molecule has 1 amide bonds. The molecule has 4 nitrogen and oxygen atoms in total. The van der Waals surface area contributed by atoms with Crippen LogP contribution in [0, 0.1) is 23.7 Å². The van der Waals surface area contributed by atoms with Crippen LogP contribution < -0.4 is 5.32 Å². The quantitative estimate of drug-likeness (QED) is 0.775. The summed E-state index contributed by atoms with van der Waals surface area (Å²) in [6.07, 6.45) is 5.26. The number of nitrogens with one attached hydrogen (secondary N) is 1. The summed E-state index contributed by atoms with van der Waals surface area (Å²) in [5, 5.41) is 14.7. The summed E-state index contributed by atoms with van der Waals surface area (Å²) < 4.78 is 0. The topological polar surface area (TPSA) is 52.6 Å². The van der Waals surface area contributed by atoms with Gasteiger partial charge in [-0.2, -0.15) is 0 Å². The molecule has 3 aliphatic rings. The number of benzene rings is 1. The minimum absolute atomic E-state index is 0.0273. The van der Waals surface area contributed by atoms with Crippen molar-refractivity contribution in [2.75, 3.05) is 19.6 Å². The monoisotopic (exact) mass is 370 g/mol. The van der Waals surface area contributed by atoms with Gasteiger partial charge < -0.3 is 15.3 Å². The molecule has 0 aromatic heterocycles. The Kier molecular flexibility index (Phi) is 5.30. The highest BCUT2D eigenvalue weighted by molar-refractivity contribution is 5.86. The van der Waals surface area contributed by atoms with E-state index in [4.69, 9.17) is 0 Å². The molecule has 1 aromatic rings. The number of carbonyl (C=O) groups is 1. The Labute approximate surface area is 163 Å². The van der Waals surface area contributed by atoms with Gasteiger partial charge >= 0.3 is 0 Å². The molecule has 27 heavy (non-hydrogen) atoms. The van der Waals surface area contributed by atoms with Crippen LogP contribution in [0.4, 0.5) is 0 Å². The summed E-state index contributed by atoms with van der Waals surface area (Å²) in [6, 6.07) is 10.2. The van der Waals surface area contributed by atoms with Crippen LogP contribution in [-0.2, 0) is 10.4 Å². The van der Waals surface area contributed by atoms with Crippen molar-refractivity contribution in [3.63, 3.8) is 0 Å². The summed E-state index contributed by atoms with van der Waals surface area (Å²) in [4.78, 5) is 15.7. The Morgan fingerprint density at radius 1 is 1.22 bits per heavy atom. The third kappa shape index (κ3) is 3.42. The fourth-order valence-corrected chi connectivity index (χ4v) is 5.54. The molecule has 4 heteroatoms. The number of likely N-dealkylation sites (tertiary alicyclic amines) is 1. The summed E-state index contributed by atoms with van der Waals surface area (Å²) >= 11 is 0. The molecule has 0 spiro atoms. The lowest BCUT2D eigenvalue weighted by Gasteiger charge is -2.33. The first-order valence-corrected chi connectivity index (χ1v) is 10.9. The molecule has 1 heterocycles. The van der Waals surface area contributed by atoms with Crippen molar-refractivity contribution in [2.45, 2.75) is 57.6 Å². The van der Waals surface area contributed by atoms with Gasteiger partial charge in [0.05, 0.1) is 0 Å². The van der Waals surface area contributed by atoms with E-state index in [1.807, 2.05) is 30.3 Å². The Hall–Kier alpha value is -1.39. The Bertz CT molecular complexity index is 646. The maximum Gasteiger partial charge on any atom is 0.256 e. The molecule has 2 saturated carbocycles. The number of piperidine rings is 1. The number of aliphatic hydroxyl groups is 1. The Morgan fingerprint density at radius 3 is 2.44 bits per heavy atom. The van der Waals surface area contributed by atoms with Gasteiger partial charge in [0.1, 0.15) is 0 Å². The lowest BCUT2D eigenvalue weighted by molar-refractivity contribution is -0.147. The normalized spacial score (nSPS) is 31.3. The van der Waals surface area contributed by atoms with E-state index in [0.717, 1.165) is 43.1 Å². The average Bonchev–Trinajstić information content (AvgIpc) is 3.11. The number of hydrogen-bond donors (Lipinski definition) is 2. The predicted molar refractivity (Wildman–Crippen MR) is 107 cm³/mol. The molecule has 1 saturated heterocycles. The largest absolute Gasteiger partial charge is 0.375 e. The van der Waals surface area contributed by atoms with Crippen LogP contribution in [0.5, 0.6) is 0 Å². The molecule has 3 fully saturated rings. The van der Waals surface area contributed by atoms with Crippen molar-refractivity contribution in [2.24, 2.45) is 23.7 Å². The van der Waals surface area contributed by atoms with Crippen LogP contribution >= 0.6 is 0 Å². The number of fused-ring (bicyclic) bond motifs is 1. The number of nitrogens with zero attached hydrogens (tertiary/aromatic N) is 1. The molecule has 0 radical (unpaired) electrons. The second-order valence-electron chi connectivity index (χ2n) is 9.03. The van der Waals surface area contributed by atoms with Crippen LogP contribution in [0.1, 0.15) is 51.5 Å². The van der Waals surface area contributed by atoms with Crippen molar-refractivity contribution >= 4 is 5.91 Å². The number of carbonyl (C=O) groups excluding carboxylic acids is 1. The molecule has 2 unspecified atom stereocenters. The van der Waals surface area contributed by atoms with Crippen molar-refractivity contribution in [1.82, 2.24) is 10.2 Å². The van der Waals surface area contributed by atoms with E-state index < -0.39 is 5.60 Å². The number of amides is 1. The van der Waals surface area contributed by atoms with Crippen molar-refractivity contribution < 1.29 is 9.90 Å². The zero-order chi connectivity index (χ0) is 19.0. The maximum atomic E-state index is 13.2. The highest BCUT2D eigenvalue weighted by atomic mass is 16.3. The van der Waals surface area contributed by atoms with Crippen molar-refractivity contribution in [3.05, 3.63) is 35.9 Å². The first-order valence-electron chi connectivity index (χ1n) is 10.9. The van der Waals surface area contributed by atoms with Crippen LogP contribution in [0.3, 0.4) is 0 Å². The summed E-state index contributed by atoms with van der Waals surface area (Å²) in [6.45, 7) is 7.62. The molecule has 2 N–H and O–H groups in total. The van der Waals surface area contributed by atoms with Crippen LogP contribution in [-0.4, -0.2) is 41.6 Å². The molecule has 148 valence electrons. The summed E-state index contributed by atoms with van der Waals surface area (Å²) in [7, 11) is 0. The van der Waals surface area contributed by atoms with Crippen molar-refractivity contribution in [1.29, 1.82) is 0 Å². The van der Waals surface area contributed by atoms with E-state index in [2.05, 4.69) is 24.1 Å². The Balaban J connectivity index is 1.38. The third-order valence-corrected chi connectivity index (χ3v) is 7.62. The predicted octanol–water partition coefficient (Wildman–Crippen LogP) is 3.16. The minimum atomic E-state index is -1.38. The van der Waals surface area contributed by atoms with Crippen LogP contribution in [0.25, 0.3) is 0 Å². The first kappa shape index (κ1) is 18.9.